The molecule has 0 heterocycles. The van der Waals surface area contributed by atoms with Crippen LogP contribution in [0.2, 0.25) is 0 Å². The summed E-state index contributed by atoms with van der Waals surface area (Å²) in [4.78, 5) is 11.3. The van der Waals surface area contributed by atoms with Crippen LogP contribution in [0.4, 0.5) is 0 Å². The van der Waals surface area contributed by atoms with Gasteiger partial charge in [0.05, 0.1) is 5.56 Å². The topological polar surface area (TPSA) is 57.5 Å². The summed E-state index contributed by atoms with van der Waals surface area (Å²) in [7, 11) is -1.82. The van der Waals surface area contributed by atoms with Gasteiger partial charge in [0.1, 0.15) is 0 Å². The van der Waals surface area contributed by atoms with Gasteiger partial charge in [-0.05, 0) is 30.7 Å². The summed E-state index contributed by atoms with van der Waals surface area (Å²) >= 11 is 0. The molecule has 1 rings (SSSR count). The first-order valence-corrected chi connectivity index (χ1v) is 6.11. The number of carbonyl (C=O) groups is 1. The number of aromatic carboxylic acids is 1. The zero-order valence-electron chi connectivity index (χ0n) is 7.52. The molecule has 3 nitrogen and oxygen atoms in total. The van der Waals surface area contributed by atoms with Crippen LogP contribution in [0.3, 0.4) is 0 Å². The van der Waals surface area contributed by atoms with Gasteiger partial charge >= 0.3 is 5.97 Å². The Kier molecular flexibility index (Phi) is 2.63. The minimum atomic E-state index is -1.82. The van der Waals surface area contributed by atoms with Crippen molar-refractivity contribution < 1.29 is 14.5 Å². The Morgan fingerprint density at radius 3 is 2.46 bits per heavy atom. The SMILES string of the molecule is CS(C)(O)c1cccc(C(=O)O)c1. The molecular formula is C9H12O3S. The number of hydrogen-bond donors (Lipinski definition) is 2. The molecule has 0 aliphatic rings. The Labute approximate surface area is 78.5 Å². The maximum atomic E-state index is 10.6. The smallest absolute Gasteiger partial charge is 0.335 e. The normalized spacial score (nSPS) is 12.5. The average Bonchev–Trinajstić information content (AvgIpc) is 2.03. The first-order chi connectivity index (χ1) is 5.91. The van der Waals surface area contributed by atoms with E-state index in [0.717, 1.165) is 0 Å². The molecule has 0 saturated carbocycles. The standard InChI is InChI=1S/C9H12O3S/c1-13(2,12)8-5-3-4-7(6-8)9(10)11/h3-6,12H,1-2H3,(H,10,11). The number of rotatable bonds is 2. The van der Waals surface area contributed by atoms with Crippen molar-refractivity contribution in [3.05, 3.63) is 29.8 Å². The van der Waals surface area contributed by atoms with Crippen molar-refractivity contribution >= 4 is 16.3 Å². The first-order valence-electron chi connectivity index (χ1n) is 3.70. The van der Waals surface area contributed by atoms with Crippen molar-refractivity contribution in [2.24, 2.45) is 0 Å². The maximum absolute atomic E-state index is 10.6. The molecule has 1 aromatic carbocycles. The van der Waals surface area contributed by atoms with Gasteiger partial charge in [0.2, 0.25) is 0 Å². The van der Waals surface area contributed by atoms with Gasteiger partial charge in [-0.1, -0.05) is 6.07 Å². The van der Waals surface area contributed by atoms with Crippen LogP contribution in [-0.2, 0) is 0 Å². The molecule has 0 aliphatic heterocycles. The van der Waals surface area contributed by atoms with Crippen LogP contribution >= 0.6 is 10.3 Å². The Hall–Kier alpha value is -1.00. The molecule has 4 heteroatoms. The van der Waals surface area contributed by atoms with Gasteiger partial charge < -0.3 is 9.66 Å². The summed E-state index contributed by atoms with van der Waals surface area (Å²) in [5.41, 5.74) is 0.215. The lowest BCUT2D eigenvalue weighted by Crippen LogP contribution is -1.99. The number of carboxylic acids is 1. The van der Waals surface area contributed by atoms with E-state index in [1.165, 1.54) is 12.1 Å². The number of carboxylic acid groups (broad SMARTS) is 1. The highest BCUT2D eigenvalue weighted by atomic mass is 32.3. The quantitative estimate of drug-likeness (QED) is 0.770. The van der Waals surface area contributed by atoms with Gasteiger partial charge in [-0.15, -0.1) is 10.3 Å². The van der Waals surface area contributed by atoms with Gasteiger partial charge in [-0.3, -0.25) is 0 Å². The molecule has 2 N–H and O–H groups in total. The molecule has 0 atom stereocenters. The largest absolute Gasteiger partial charge is 0.478 e. The average molecular weight is 200 g/mol. The predicted octanol–water partition coefficient (Wildman–Crippen LogP) is 2.28. The van der Waals surface area contributed by atoms with E-state index >= 15 is 0 Å². The van der Waals surface area contributed by atoms with Crippen LogP contribution in [0, 0.1) is 0 Å². The molecule has 0 unspecified atom stereocenters. The maximum Gasteiger partial charge on any atom is 0.335 e. The lowest BCUT2D eigenvalue weighted by molar-refractivity contribution is 0.0696. The van der Waals surface area contributed by atoms with E-state index in [0.29, 0.717) is 4.90 Å². The summed E-state index contributed by atoms with van der Waals surface area (Å²) in [5.74, 6) is -0.967. The van der Waals surface area contributed by atoms with Crippen LogP contribution in [0.25, 0.3) is 0 Å². The molecule has 13 heavy (non-hydrogen) atoms. The Morgan fingerprint density at radius 2 is 2.00 bits per heavy atom. The van der Waals surface area contributed by atoms with E-state index in [2.05, 4.69) is 0 Å². The van der Waals surface area contributed by atoms with Crippen LogP contribution in [0.5, 0.6) is 0 Å². The molecule has 0 amide bonds. The van der Waals surface area contributed by atoms with Crippen molar-refractivity contribution in [1.82, 2.24) is 0 Å². The highest BCUT2D eigenvalue weighted by Crippen LogP contribution is 2.44. The molecule has 0 aliphatic carbocycles. The van der Waals surface area contributed by atoms with Gasteiger partial charge in [0, 0.05) is 4.90 Å². The van der Waals surface area contributed by atoms with Crippen LogP contribution < -0.4 is 0 Å². The van der Waals surface area contributed by atoms with Crippen molar-refractivity contribution in [2.75, 3.05) is 12.5 Å². The van der Waals surface area contributed by atoms with Crippen LogP contribution in [0.1, 0.15) is 10.4 Å². The van der Waals surface area contributed by atoms with Crippen LogP contribution in [-0.4, -0.2) is 28.1 Å². The Balaban J connectivity index is 3.13. The zero-order chi connectivity index (χ0) is 10.1. The van der Waals surface area contributed by atoms with Gasteiger partial charge in [-0.25, -0.2) is 4.79 Å². The van der Waals surface area contributed by atoms with Crippen molar-refractivity contribution in [2.45, 2.75) is 4.90 Å². The minimum Gasteiger partial charge on any atom is -0.478 e. The molecule has 1 aromatic rings. The second-order valence-corrected chi connectivity index (χ2v) is 6.12. The van der Waals surface area contributed by atoms with E-state index in [-0.39, 0.29) is 5.56 Å². The molecule has 72 valence electrons. The summed E-state index contributed by atoms with van der Waals surface area (Å²) in [6.07, 6.45) is 3.40. The van der Waals surface area contributed by atoms with Gasteiger partial charge in [0.15, 0.2) is 0 Å². The summed E-state index contributed by atoms with van der Waals surface area (Å²) in [6.45, 7) is 0. The van der Waals surface area contributed by atoms with Gasteiger partial charge in [-0.2, -0.15) is 0 Å². The molecular weight excluding hydrogens is 188 g/mol. The molecule has 0 bridgehead atoms. The fourth-order valence-corrected chi connectivity index (χ4v) is 1.77. The lowest BCUT2D eigenvalue weighted by Gasteiger charge is -2.23. The van der Waals surface area contributed by atoms with Crippen molar-refractivity contribution in [1.29, 1.82) is 0 Å². The third-order valence-electron chi connectivity index (χ3n) is 1.66. The number of benzene rings is 1. The summed E-state index contributed by atoms with van der Waals surface area (Å²) in [5, 5.41) is 8.70. The highest BCUT2D eigenvalue weighted by Gasteiger charge is 2.12. The highest BCUT2D eigenvalue weighted by molar-refractivity contribution is 8.28. The van der Waals surface area contributed by atoms with E-state index in [1.54, 1.807) is 24.6 Å². The molecule has 0 aromatic heterocycles. The predicted molar refractivity (Wildman–Crippen MR) is 53.7 cm³/mol. The molecule has 0 saturated heterocycles. The second kappa shape index (κ2) is 3.40. The van der Waals surface area contributed by atoms with Gasteiger partial charge in [0.25, 0.3) is 0 Å². The Morgan fingerprint density at radius 1 is 1.38 bits per heavy atom. The summed E-state index contributed by atoms with van der Waals surface area (Å²) in [6, 6.07) is 6.40. The van der Waals surface area contributed by atoms with E-state index in [1.807, 2.05) is 0 Å². The zero-order valence-corrected chi connectivity index (χ0v) is 8.34. The lowest BCUT2D eigenvalue weighted by atomic mass is 10.2. The fraction of sp³-hybridized carbons (Fsp3) is 0.222. The molecule has 0 fully saturated rings. The summed E-state index contributed by atoms with van der Waals surface area (Å²) < 4.78 is 9.69. The minimum absolute atomic E-state index is 0.215. The van der Waals surface area contributed by atoms with E-state index < -0.39 is 16.3 Å². The Bertz CT molecular complexity index is 328. The molecule has 0 spiro atoms. The number of hydrogen-bond acceptors (Lipinski definition) is 2. The first kappa shape index (κ1) is 10.1. The monoisotopic (exact) mass is 200 g/mol. The molecule has 0 radical (unpaired) electrons. The third kappa shape index (κ3) is 2.47. The van der Waals surface area contributed by atoms with E-state index in [4.69, 9.17) is 5.11 Å². The third-order valence-corrected chi connectivity index (χ3v) is 3.07. The van der Waals surface area contributed by atoms with Crippen molar-refractivity contribution in [3.63, 3.8) is 0 Å². The fourth-order valence-electron chi connectivity index (χ4n) is 0.940. The van der Waals surface area contributed by atoms with Crippen LogP contribution in [0.15, 0.2) is 29.2 Å². The van der Waals surface area contributed by atoms with E-state index in [9.17, 15) is 9.35 Å². The second-order valence-electron chi connectivity index (χ2n) is 3.11. The van der Waals surface area contributed by atoms with Crippen molar-refractivity contribution in [3.8, 4) is 0 Å².